The molecule has 0 radical (unpaired) electrons. The number of nitrogen functional groups attached to an aromatic ring is 1. The molecule has 86 valence electrons. The highest BCUT2D eigenvalue weighted by atomic mass is 16.4. The lowest BCUT2D eigenvalue weighted by Gasteiger charge is -2.08. The number of anilines is 1. The number of pyridine rings is 1. The van der Waals surface area contributed by atoms with Crippen molar-refractivity contribution >= 4 is 22.7 Å². The molecule has 0 amide bonds. The molecule has 0 atom stereocenters. The number of carbonyl (C=O) groups is 1. The minimum absolute atomic E-state index is 0.304. The Morgan fingerprint density at radius 3 is 2.82 bits per heavy atom. The second kappa shape index (κ2) is 3.45. The molecule has 3 N–H and O–H groups in total. The SMILES string of the molecule is Nc1nc2ccc(C(=O)O)cc2c2c1CCC2. The summed E-state index contributed by atoms with van der Waals surface area (Å²) in [7, 11) is 0. The number of hydrogen-bond donors (Lipinski definition) is 2. The van der Waals surface area contributed by atoms with Crippen LogP contribution in [0.3, 0.4) is 0 Å². The van der Waals surface area contributed by atoms with Crippen molar-refractivity contribution < 1.29 is 9.90 Å². The molecule has 0 bridgehead atoms. The predicted molar refractivity (Wildman–Crippen MR) is 65.1 cm³/mol. The normalized spacial score (nSPS) is 13.9. The van der Waals surface area contributed by atoms with Gasteiger partial charge in [-0.2, -0.15) is 0 Å². The second-order valence-corrected chi connectivity index (χ2v) is 4.34. The summed E-state index contributed by atoms with van der Waals surface area (Å²) in [5, 5.41) is 9.94. The third-order valence-electron chi connectivity index (χ3n) is 3.34. The number of aromatic nitrogens is 1. The number of nitrogens with two attached hydrogens (primary N) is 1. The number of hydrogen-bond acceptors (Lipinski definition) is 3. The monoisotopic (exact) mass is 228 g/mol. The fourth-order valence-corrected chi connectivity index (χ4v) is 2.53. The van der Waals surface area contributed by atoms with Gasteiger partial charge in [-0.05, 0) is 48.6 Å². The molecule has 0 aliphatic heterocycles. The van der Waals surface area contributed by atoms with Crippen molar-refractivity contribution in [3.63, 3.8) is 0 Å². The molecule has 1 heterocycles. The van der Waals surface area contributed by atoms with Crippen molar-refractivity contribution in [3.8, 4) is 0 Å². The number of carboxylic acid groups (broad SMARTS) is 1. The van der Waals surface area contributed by atoms with Crippen LogP contribution in [0.2, 0.25) is 0 Å². The third kappa shape index (κ3) is 1.45. The number of benzene rings is 1. The molecule has 4 heteroatoms. The van der Waals surface area contributed by atoms with Gasteiger partial charge in [-0.3, -0.25) is 0 Å². The minimum Gasteiger partial charge on any atom is -0.478 e. The van der Waals surface area contributed by atoms with Gasteiger partial charge in [-0.25, -0.2) is 9.78 Å². The van der Waals surface area contributed by atoms with Crippen LogP contribution in [0, 0.1) is 0 Å². The molecular weight excluding hydrogens is 216 g/mol. The van der Waals surface area contributed by atoms with Gasteiger partial charge in [0.05, 0.1) is 11.1 Å². The Labute approximate surface area is 98.1 Å². The van der Waals surface area contributed by atoms with E-state index in [0.29, 0.717) is 11.4 Å². The van der Waals surface area contributed by atoms with Crippen LogP contribution in [-0.4, -0.2) is 16.1 Å². The van der Waals surface area contributed by atoms with Crippen molar-refractivity contribution in [1.82, 2.24) is 4.98 Å². The predicted octanol–water partition coefficient (Wildman–Crippen LogP) is 2.00. The molecule has 0 spiro atoms. The molecule has 1 aliphatic rings. The molecule has 1 aromatic carbocycles. The Bertz CT molecular complexity index is 635. The summed E-state index contributed by atoms with van der Waals surface area (Å²) >= 11 is 0. The van der Waals surface area contributed by atoms with E-state index in [1.54, 1.807) is 18.2 Å². The Kier molecular flexibility index (Phi) is 2.04. The van der Waals surface area contributed by atoms with Crippen LogP contribution in [0.4, 0.5) is 5.82 Å². The summed E-state index contributed by atoms with van der Waals surface area (Å²) in [6.45, 7) is 0. The van der Waals surface area contributed by atoms with E-state index in [1.807, 2.05) is 0 Å². The zero-order valence-corrected chi connectivity index (χ0v) is 9.23. The molecule has 2 aromatic rings. The molecular formula is C13H12N2O2. The highest BCUT2D eigenvalue weighted by molar-refractivity contribution is 5.95. The quantitative estimate of drug-likeness (QED) is 0.782. The highest BCUT2D eigenvalue weighted by Gasteiger charge is 2.19. The maximum Gasteiger partial charge on any atom is 0.335 e. The van der Waals surface area contributed by atoms with Crippen LogP contribution in [0.15, 0.2) is 18.2 Å². The van der Waals surface area contributed by atoms with Crippen LogP contribution in [0.1, 0.15) is 27.9 Å². The van der Waals surface area contributed by atoms with Gasteiger partial charge >= 0.3 is 5.97 Å². The van der Waals surface area contributed by atoms with E-state index < -0.39 is 5.97 Å². The number of fused-ring (bicyclic) bond motifs is 3. The molecule has 0 saturated carbocycles. The van der Waals surface area contributed by atoms with Crippen LogP contribution in [0.5, 0.6) is 0 Å². The Morgan fingerprint density at radius 1 is 1.29 bits per heavy atom. The summed E-state index contributed by atoms with van der Waals surface area (Å²) < 4.78 is 0. The molecule has 1 aliphatic carbocycles. The van der Waals surface area contributed by atoms with Gasteiger partial charge in [0.25, 0.3) is 0 Å². The van der Waals surface area contributed by atoms with E-state index in [-0.39, 0.29) is 0 Å². The average molecular weight is 228 g/mol. The van der Waals surface area contributed by atoms with Gasteiger partial charge < -0.3 is 10.8 Å². The molecule has 0 saturated heterocycles. The summed E-state index contributed by atoms with van der Waals surface area (Å²) in [5.41, 5.74) is 9.27. The molecule has 17 heavy (non-hydrogen) atoms. The third-order valence-corrected chi connectivity index (χ3v) is 3.34. The lowest BCUT2D eigenvalue weighted by Crippen LogP contribution is -2.01. The van der Waals surface area contributed by atoms with Crippen molar-refractivity contribution in [2.75, 3.05) is 5.73 Å². The highest BCUT2D eigenvalue weighted by Crippen LogP contribution is 2.32. The first-order valence-electron chi connectivity index (χ1n) is 5.61. The first-order chi connectivity index (χ1) is 8.16. The fourth-order valence-electron chi connectivity index (χ4n) is 2.53. The summed E-state index contributed by atoms with van der Waals surface area (Å²) in [4.78, 5) is 15.3. The lowest BCUT2D eigenvalue weighted by molar-refractivity contribution is 0.0697. The number of carboxylic acids is 1. The number of aromatic carboxylic acids is 1. The van der Waals surface area contributed by atoms with Gasteiger partial charge in [-0.1, -0.05) is 0 Å². The summed E-state index contributed by atoms with van der Waals surface area (Å²) in [6.07, 6.45) is 2.97. The standard InChI is InChI=1S/C13H12N2O2/c14-12-9-3-1-2-8(9)10-6-7(13(16)17)4-5-11(10)15-12/h4-6H,1-3H2,(H2,14,15)(H,16,17). The van der Waals surface area contributed by atoms with Gasteiger partial charge in [-0.15, -0.1) is 0 Å². The maximum atomic E-state index is 11.0. The zero-order valence-electron chi connectivity index (χ0n) is 9.23. The van der Waals surface area contributed by atoms with E-state index in [9.17, 15) is 4.79 Å². The van der Waals surface area contributed by atoms with E-state index >= 15 is 0 Å². The summed E-state index contributed by atoms with van der Waals surface area (Å²) in [5.74, 6) is -0.316. The Balaban J connectivity index is 2.35. The summed E-state index contributed by atoms with van der Waals surface area (Å²) in [6, 6.07) is 5.00. The molecule has 3 rings (SSSR count). The zero-order chi connectivity index (χ0) is 12.0. The molecule has 1 aromatic heterocycles. The minimum atomic E-state index is -0.907. The van der Waals surface area contributed by atoms with Gasteiger partial charge in [0.2, 0.25) is 0 Å². The van der Waals surface area contributed by atoms with E-state index in [4.69, 9.17) is 10.8 Å². The van der Waals surface area contributed by atoms with E-state index in [0.717, 1.165) is 35.7 Å². The largest absolute Gasteiger partial charge is 0.478 e. The maximum absolute atomic E-state index is 11.0. The topological polar surface area (TPSA) is 76.2 Å². The Hall–Kier alpha value is -2.10. The second-order valence-electron chi connectivity index (χ2n) is 4.34. The van der Waals surface area contributed by atoms with Gasteiger partial charge in [0.1, 0.15) is 5.82 Å². The van der Waals surface area contributed by atoms with Crippen molar-refractivity contribution in [2.24, 2.45) is 0 Å². The lowest BCUT2D eigenvalue weighted by atomic mass is 10.0. The van der Waals surface area contributed by atoms with Crippen molar-refractivity contribution in [1.29, 1.82) is 0 Å². The fraction of sp³-hybridized carbons (Fsp3) is 0.231. The van der Waals surface area contributed by atoms with Gasteiger partial charge in [0, 0.05) is 5.39 Å². The number of nitrogens with zero attached hydrogens (tertiary/aromatic N) is 1. The van der Waals surface area contributed by atoms with Crippen molar-refractivity contribution in [2.45, 2.75) is 19.3 Å². The van der Waals surface area contributed by atoms with Crippen molar-refractivity contribution in [3.05, 3.63) is 34.9 Å². The first-order valence-corrected chi connectivity index (χ1v) is 5.61. The van der Waals surface area contributed by atoms with E-state index in [2.05, 4.69) is 4.98 Å². The van der Waals surface area contributed by atoms with E-state index in [1.165, 1.54) is 5.56 Å². The Morgan fingerprint density at radius 2 is 2.06 bits per heavy atom. The molecule has 4 nitrogen and oxygen atoms in total. The van der Waals surface area contributed by atoms with Crippen LogP contribution < -0.4 is 5.73 Å². The molecule has 0 fully saturated rings. The van der Waals surface area contributed by atoms with Crippen LogP contribution >= 0.6 is 0 Å². The van der Waals surface area contributed by atoms with Gasteiger partial charge in [0.15, 0.2) is 0 Å². The van der Waals surface area contributed by atoms with Crippen LogP contribution in [-0.2, 0) is 12.8 Å². The van der Waals surface area contributed by atoms with Crippen LogP contribution in [0.25, 0.3) is 10.9 Å². The number of aryl methyl sites for hydroxylation is 1. The molecule has 0 unspecified atom stereocenters. The first kappa shape index (κ1) is 10.1. The smallest absolute Gasteiger partial charge is 0.335 e. The average Bonchev–Trinajstić information content (AvgIpc) is 2.78. The number of rotatable bonds is 1.